The summed E-state index contributed by atoms with van der Waals surface area (Å²) in [5.74, 6) is 0. The Kier molecular flexibility index (Phi) is 5.87. The molecule has 13 heavy (non-hydrogen) atoms. The molecular formula is C10H9Cl2Zr. The van der Waals surface area contributed by atoms with Crippen LogP contribution >= 0.6 is 24.8 Å². The normalized spacial score (nSPS) is 8.54. The first-order chi connectivity index (χ1) is 5.38. The number of halogens is 2. The minimum atomic E-state index is 0. The van der Waals surface area contributed by atoms with Crippen LogP contribution in [-0.2, 0) is 24.7 Å². The minimum absolute atomic E-state index is 0. The maximum atomic E-state index is 2.20. The summed E-state index contributed by atoms with van der Waals surface area (Å²) in [4.78, 5) is 0. The Morgan fingerprint density at radius 3 is 2.23 bits per heavy atom. The predicted octanol–water partition coefficient (Wildman–Crippen LogP) is 2.81. The first-order valence-electron chi connectivity index (χ1n) is 3.57. The van der Waals surface area contributed by atoms with Gasteiger partial charge in [0.1, 0.15) is 0 Å². The van der Waals surface area contributed by atoms with Gasteiger partial charge < -0.3 is 0 Å². The molecule has 0 spiro atoms. The van der Waals surface area contributed by atoms with Gasteiger partial charge in [-0.05, 0) is 0 Å². The van der Waals surface area contributed by atoms with Gasteiger partial charge in [-0.15, -0.1) is 24.8 Å². The van der Waals surface area contributed by atoms with Gasteiger partial charge in [-0.2, -0.15) is 0 Å². The summed E-state index contributed by atoms with van der Waals surface area (Å²) >= 11 is 1.49. The zero-order valence-corrected chi connectivity index (χ0v) is 10.9. The Morgan fingerprint density at radius 2 is 1.46 bits per heavy atom. The van der Waals surface area contributed by atoms with Crippen LogP contribution in [0.25, 0.3) is 11.1 Å². The molecule has 67 valence electrons. The standard InChI is InChI=1S/C10H7.2ClH.Zr/c1-2-5-9-7-4-8-10(9)6-3-1;;;/h1-7H;2*1H;. The van der Waals surface area contributed by atoms with Crippen molar-refractivity contribution in [3.05, 3.63) is 42.5 Å². The zero-order valence-electron chi connectivity index (χ0n) is 6.86. The Labute approximate surface area is 106 Å². The molecule has 2 aliphatic rings. The third-order valence-electron chi connectivity index (χ3n) is 1.79. The summed E-state index contributed by atoms with van der Waals surface area (Å²) in [6.45, 7) is 0. The van der Waals surface area contributed by atoms with E-state index in [1.807, 2.05) is 0 Å². The molecule has 3 heteroatoms. The van der Waals surface area contributed by atoms with Gasteiger partial charge in [0.15, 0.2) is 0 Å². The van der Waals surface area contributed by atoms with Crippen LogP contribution in [0.1, 0.15) is 0 Å². The van der Waals surface area contributed by atoms with Crippen molar-refractivity contribution < 1.29 is 24.7 Å². The van der Waals surface area contributed by atoms with Gasteiger partial charge in [-0.25, -0.2) is 0 Å². The molecule has 0 unspecified atom stereocenters. The summed E-state index contributed by atoms with van der Waals surface area (Å²) in [5, 5.41) is 0. The molecule has 0 aromatic rings. The SMILES string of the molecule is Cl.Cl.[Zr][c]1ccc2cccccc1-2. The molecule has 0 atom stereocenters. The molecule has 0 aliphatic heterocycles. The predicted molar refractivity (Wildman–Crippen MR) is 57.2 cm³/mol. The first-order valence-corrected chi connectivity index (χ1v) is 4.80. The van der Waals surface area contributed by atoms with Crippen LogP contribution in [0.4, 0.5) is 0 Å². The van der Waals surface area contributed by atoms with Crippen molar-refractivity contribution in [3.63, 3.8) is 0 Å². The van der Waals surface area contributed by atoms with Gasteiger partial charge in [0.25, 0.3) is 0 Å². The fourth-order valence-corrected chi connectivity index (χ4v) is 1.98. The van der Waals surface area contributed by atoms with Crippen LogP contribution < -0.4 is 3.27 Å². The second-order valence-corrected chi connectivity index (χ2v) is 3.85. The zero-order chi connectivity index (χ0) is 7.68. The van der Waals surface area contributed by atoms with E-state index < -0.39 is 0 Å². The van der Waals surface area contributed by atoms with Gasteiger partial charge >= 0.3 is 81.6 Å². The average molecular weight is 291 g/mol. The van der Waals surface area contributed by atoms with Gasteiger partial charge in [-0.3, -0.25) is 0 Å². The summed E-state index contributed by atoms with van der Waals surface area (Å²) in [6.07, 6.45) is 0. The molecule has 0 radical (unpaired) electrons. The Morgan fingerprint density at radius 1 is 0.769 bits per heavy atom. The third-order valence-corrected chi connectivity index (χ3v) is 2.86. The summed E-state index contributed by atoms with van der Waals surface area (Å²) in [7, 11) is 0. The van der Waals surface area contributed by atoms with E-state index in [9.17, 15) is 0 Å². The van der Waals surface area contributed by atoms with E-state index in [2.05, 4.69) is 42.5 Å². The van der Waals surface area contributed by atoms with Crippen LogP contribution in [0.2, 0.25) is 0 Å². The fourth-order valence-electron chi connectivity index (χ4n) is 1.21. The molecule has 0 saturated carbocycles. The fraction of sp³-hybridized carbons (Fsp3) is 0. The molecule has 0 saturated heterocycles. The molecule has 0 fully saturated rings. The third kappa shape index (κ3) is 2.81. The number of fused-ring (bicyclic) bond motifs is 1. The molecule has 2 rings (SSSR count). The average Bonchev–Trinajstić information content (AvgIpc) is 2.25. The molecule has 0 nitrogen and oxygen atoms in total. The monoisotopic (exact) mass is 289 g/mol. The van der Waals surface area contributed by atoms with Crippen LogP contribution in [0, 0.1) is 0 Å². The molecule has 0 bridgehead atoms. The van der Waals surface area contributed by atoms with E-state index in [0.29, 0.717) is 0 Å². The van der Waals surface area contributed by atoms with Gasteiger partial charge in [0, 0.05) is 0 Å². The summed E-state index contributed by atoms with van der Waals surface area (Å²) < 4.78 is 1.45. The van der Waals surface area contributed by atoms with Gasteiger partial charge in [-0.1, -0.05) is 0 Å². The molecular weight excluding hydrogens is 282 g/mol. The maximum absolute atomic E-state index is 2.20. The van der Waals surface area contributed by atoms with Crippen molar-refractivity contribution in [2.24, 2.45) is 0 Å². The molecule has 0 heterocycles. The molecule has 0 aromatic heterocycles. The van der Waals surface area contributed by atoms with E-state index in [1.165, 1.54) is 39.1 Å². The van der Waals surface area contributed by atoms with Crippen LogP contribution in [0.15, 0.2) is 42.5 Å². The van der Waals surface area contributed by atoms with Crippen molar-refractivity contribution >= 4 is 28.1 Å². The van der Waals surface area contributed by atoms with E-state index in [-0.39, 0.29) is 24.8 Å². The second kappa shape index (κ2) is 5.80. The first kappa shape index (κ1) is 13.2. The summed E-state index contributed by atoms with van der Waals surface area (Å²) in [5.41, 5.74) is 2.75. The van der Waals surface area contributed by atoms with Crippen molar-refractivity contribution in [2.75, 3.05) is 0 Å². The van der Waals surface area contributed by atoms with Crippen molar-refractivity contribution in [1.29, 1.82) is 0 Å². The Hall–Kier alpha value is 0.163. The molecule has 0 N–H and O–H groups in total. The second-order valence-electron chi connectivity index (χ2n) is 2.53. The summed E-state index contributed by atoms with van der Waals surface area (Å²) in [6, 6.07) is 15.0. The van der Waals surface area contributed by atoms with Crippen LogP contribution in [0.3, 0.4) is 0 Å². The number of hydrogen-bond donors (Lipinski definition) is 0. The van der Waals surface area contributed by atoms with E-state index in [1.54, 1.807) is 0 Å². The van der Waals surface area contributed by atoms with Crippen molar-refractivity contribution in [3.8, 4) is 11.1 Å². The number of rotatable bonds is 0. The van der Waals surface area contributed by atoms with E-state index in [4.69, 9.17) is 0 Å². The number of hydrogen-bond acceptors (Lipinski definition) is 0. The van der Waals surface area contributed by atoms with Crippen molar-refractivity contribution in [1.82, 2.24) is 0 Å². The van der Waals surface area contributed by atoms with E-state index in [0.717, 1.165) is 0 Å². The quantitative estimate of drug-likeness (QED) is 0.700. The van der Waals surface area contributed by atoms with Gasteiger partial charge in [0.05, 0.1) is 0 Å². The van der Waals surface area contributed by atoms with Gasteiger partial charge in [0.2, 0.25) is 0 Å². The van der Waals surface area contributed by atoms with E-state index >= 15 is 0 Å². The Balaban J connectivity index is 0.000000720. The Bertz CT molecular complexity index is 349. The topological polar surface area (TPSA) is 0 Å². The van der Waals surface area contributed by atoms with Crippen LogP contribution in [-0.4, -0.2) is 0 Å². The van der Waals surface area contributed by atoms with Crippen LogP contribution in [0.5, 0.6) is 0 Å². The molecule has 2 aliphatic carbocycles. The molecule has 0 amide bonds. The van der Waals surface area contributed by atoms with Crippen molar-refractivity contribution in [2.45, 2.75) is 0 Å². The molecule has 0 aromatic carbocycles.